The van der Waals surface area contributed by atoms with Crippen LogP contribution in [0.3, 0.4) is 0 Å². The van der Waals surface area contributed by atoms with Crippen LogP contribution in [0.25, 0.3) is 10.9 Å². The van der Waals surface area contributed by atoms with E-state index in [0.717, 1.165) is 16.7 Å². The Labute approximate surface area is 111 Å². The van der Waals surface area contributed by atoms with Gasteiger partial charge in [0.2, 0.25) is 0 Å². The number of hydrogen-bond acceptors (Lipinski definition) is 2. The second-order valence-electron chi connectivity index (χ2n) is 4.44. The van der Waals surface area contributed by atoms with E-state index in [4.69, 9.17) is 4.74 Å². The molecular weight excluding hydrogens is 236 g/mol. The molecule has 1 heterocycles. The molecule has 3 heteroatoms. The quantitative estimate of drug-likeness (QED) is 0.740. The summed E-state index contributed by atoms with van der Waals surface area (Å²) >= 11 is 0. The van der Waals surface area contributed by atoms with E-state index in [9.17, 15) is 5.26 Å². The van der Waals surface area contributed by atoms with Gasteiger partial charge in [-0.15, -0.1) is 0 Å². The largest absolute Gasteiger partial charge is 0.456 e. The average Bonchev–Trinajstić information content (AvgIpc) is 2.87. The van der Waals surface area contributed by atoms with Crippen molar-refractivity contribution >= 4 is 10.9 Å². The van der Waals surface area contributed by atoms with Crippen molar-refractivity contribution in [2.75, 3.05) is 0 Å². The monoisotopic (exact) mass is 248 g/mol. The standard InChI is InChI=1S/C16H12N2O/c1-11-2-4-14(5-3-11)19-16-9-12-6-7-18-15(12)8-13(16)10-17/h2-9,18H,1H3. The van der Waals surface area contributed by atoms with E-state index in [1.165, 1.54) is 5.56 Å². The molecule has 2 aromatic carbocycles. The summed E-state index contributed by atoms with van der Waals surface area (Å²) in [4.78, 5) is 3.09. The number of fused-ring (bicyclic) bond motifs is 1. The lowest BCUT2D eigenvalue weighted by atomic mass is 10.1. The molecule has 0 saturated carbocycles. The van der Waals surface area contributed by atoms with Crippen LogP contribution in [-0.4, -0.2) is 4.98 Å². The highest BCUT2D eigenvalue weighted by molar-refractivity contribution is 5.83. The van der Waals surface area contributed by atoms with Crippen molar-refractivity contribution in [3.05, 3.63) is 59.8 Å². The third-order valence-electron chi connectivity index (χ3n) is 3.02. The Kier molecular flexibility index (Phi) is 2.70. The Bertz CT molecular complexity index is 764. The molecule has 0 bridgehead atoms. The van der Waals surface area contributed by atoms with Crippen molar-refractivity contribution in [2.24, 2.45) is 0 Å². The molecule has 0 aliphatic rings. The topological polar surface area (TPSA) is 48.8 Å². The molecule has 0 atom stereocenters. The molecule has 1 N–H and O–H groups in total. The maximum atomic E-state index is 9.19. The predicted octanol–water partition coefficient (Wildman–Crippen LogP) is 4.14. The van der Waals surface area contributed by atoms with Crippen LogP contribution in [0, 0.1) is 18.3 Å². The van der Waals surface area contributed by atoms with E-state index in [1.54, 1.807) is 6.07 Å². The van der Waals surface area contributed by atoms with Gasteiger partial charge in [0.05, 0.1) is 5.56 Å². The molecule has 92 valence electrons. The van der Waals surface area contributed by atoms with Crippen LogP contribution in [0.2, 0.25) is 0 Å². The number of aromatic nitrogens is 1. The first-order valence-electron chi connectivity index (χ1n) is 6.02. The van der Waals surface area contributed by atoms with Crippen LogP contribution in [-0.2, 0) is 0 Å². The molecule has 0 fully saturated rings. The summed E-state index contributed by atoms with van der Waals surface area (Å²) in [5.74, 6) is 1.32. The first-order chi connectivity index (χ1) is 9.26. The zero-order valence-corrected chi connectivity index (χ0v) is 10.5. The van der Waals surface area contributed by atoms with Crippen LogP contribution in [0.4, 0.5) is 0 Å². The number of nitrogens with one attached hydrogen (secondary N) is 1. The van der Waals surface area contributed by atoms with Crippen LogP contribution >= 0.6 is 0 Å². The lowest BCUT2D eigenvalue weighted by molar-refractivity contribution is 0.482. The highest BCUT2D eigenvalue weighted by atomic mass is 16.5. The molecule has 0 saturated heterocycles. The zero-order valence-electron chi connectivity index (χ0n) is 10.5. The van der Waals surface area contributed by atoms with Crippen LogP contribution in [0.1, 0.15) is 11.1 Å². The predicted molar refractivity (Wildman–Crippen MR) is 74.3 cm³/mol. The number of aryl methyl sites for hydroxylation is 1. The summed E-state index contributed by atoms with van der Waals surface area (Å²) in [7, 11) is 0. The van der Waals surface area contributed by atoms with Gasteiger partial charge in [0.1, 0.15) is 17.6 Å². The molecular formula is C16H12N2O. The van der Waals surface area contributed by atoms with E-state index in [-0.39, 0.29) is 0 Å². The van der Waals surface area contributed by atoms with Gasteiger partial charge in [-0.3, -0.25) is 0 Å². The molecule has 1 aromatic heterocycles. The van der Waals surface area contributed by atoms with Crippen LogP contribution in [0.15, 0.2) is 48.7 Å². The minimum atomic E-state index is 0.524. The fraction of sp³-hybridized carbons (Fsp3) is 0.0625. The Morgan fingerprint density at radius 1 is 1.11 bits per heavy atom. The minimum Gasteiger partial charge on any atom is -0.456 e. The van der Waals surface area contributed by atoms with E-state index >= 15 is 0 Å². The summed E-state index contributed by atoms with van der Waals surface area (Å²) in [5.41, 5.74) is 2.64. The van der Waals surface area contributed by atoms with Crippen molar-refractivity contribution in [1.29, 1.82) is 5.26 Å². The molecule has 0 radical (unpaired) electrons. The van der Waals surface area contributed by atoms with Gasteiger partial charge in [-0.2, -0.15) is 5.26 Å². The lowest BCUT2D eigenvalue weighted by Gasteiger charge is -2.08. The SMILES string of the molecule is Cc1ccc(Oc2cc3cc[nH]c3cc2C#N)cc1. The van der Waals surface area contributed by atoms with Gasteiger partial charge in [-0.1, -0.05) is 17.7 Å². The Balaban J connectivity index is 2.03. The van der Waals surface area contributed by atoms with Crippen molar-refractivity contribution in [3.8, 4) is 17.6 Å². The number of aromatic amines is 1. The number of benzene rings is 2. The zero-order chi connectivity index (χ0) is 13.2. The molecule has 19 heavy (non-hydrogen) atoms. The van der Waals surface area contributed by atoms with Gasteiger partial charge in [0.15, 0.2) is 0 Å². The minimum absolute atomic E-state index is 0.524. The van der Waals surface area contributed by atoms with E-state index in [1.807, 2.05) is 49.5 Å². The average molecular weight is 248 g/mol. The molecule has 3 rings (SSSR count). The molecule has 3 nitrogen and oxygen atoms in total. The highest BCUT2D eigenvalue weighted by Gasteiger charge is 2.07. The summed E-state index contributed by atoms with van der Waals surface area (Å²) < 4.78 is 5.80. The summed E-state index contributed by atoms with van der Waals surface area (Å²) in [6.07, 6.45) is 1.85. The molecule has 0 unspecified atom stereocenters. The molecule has 0 spiro atoms. The maximum Gasteiger partial charge on any atom is 0.145 e. The van der Waals surface area contributed by atoms with Gasteiger partial charge in [0, 0.05) is 17.1 Å². The highest BCUT2D eigenvalue weighted by Crippen LogP contribution is 2.29. The Morgan fingerprint density at radius 2 is 1.89 bits per heavy atom. The number of rotatable bonds is 2. The van der Waals surface area contributed by atoms with Gasteiger partial charge >= 0.3 is 0 Å². The number of nitriles is 1. The van der Waals surface area contributed by atoms with Crippen molar-refractivity contribution in [3.63, 3.8) is 0 Å². The number of H-pyrrole nitrogens is 1. The Hall–Kier alpha value is -2.73. The van der Waals surface area contributed by atoms with Crippen molar-refractivity contribution < 1.29 is 4.74 Å². The number of ether oxygens (including phenoxy) is 1. The fourth-order valence-electron chi connectivity index (χ4n) is 1.98. The number of nitrogens with zero attached hydrogens (tertiary/aromatic N) is 1. The summed E-state index contributed by atoms with van der Waals surface area (Å²) in [6.45, 7) is 2.02. The molecule has 0 amide bonds. The lowest BCUT2D eigenvalue weighted by Crippen LogP contribution is -1.88. The Morgan fingerprint density at radius 3 is 2.63 bits per heavy atom. The van der Waals surface area contributed by atoms with Crippen molar-refractivity contribution in [1.82, 2.24) is 4.98 Å². The summed E-state index contributed by atoms with van der Waals surface area (Å²) in [5, 5.41) is 10.2. The van der Waals surface area contributed by atoms with E-state index in [0.29, 0.717) is 11.3 Å². The molecule has 3 aromatic rings. The van der Waals surface area contributed by atoms with Gasteiger partial charge in [0.25, 0.3) is 0 Å². The smallest absolute Gasteiger partial charge is 0.145 e. The van der Waals surface area contributed by atoms with Crippen molar-refractivity contribution in [2.45, 2.75) is 6.92 Å². The van der Waals surface area contributed by atoms with E-state index in [2.05, 4.69) is 11.1 Å². The van der Waals surface area contributed by atoms with Gasteiger partial charge in [-0.25, -0.2) is 0 Å². The second-order valence-corrected chi connectivity index (χ2v) is 4.44. The summed E-state index contributed by atoms with van der Waals surface area (Å²) in [6, 6.07) is 15.6. The van der Waals surface area contributed by atoms with E-state index < -0.39 is 0 Å². The van der Waals surface area contributed by atoms with Gasteiger partial charge in [-0.05, 0) is 37.3 Å². The molecule has 0 aliphatic carbocycles. The van der Waals surface area contributed by atoms with Crippen LogP contribution < -0.4 is 4.74 Å². The first kappa shape index (κ1) is 11.4. The second kappa shape index (κ2) is 4.51. The van der Waals surface area contributed by atoms with Crippen LogP contribution in [0.5, 0.6) is 11.5 Å². The third-order valence-corrected chi connectivity index (χ3v) is 3.02. The third kappa shape index (κ3) is 2.16. The van der Waals surface area contributed by atoms with Gasteiger partial charge < -0.3 is 9.72 Å². The fourth-order valence-corrected chi connectivity index (χ4v) is 1.98. The number of hydrogen-bond donors (Lipinski definition) is 1. The normalized spacial score (nSPS) is 10.3. The maximum absolute atomic E-state index is 9.19. The first-order valence-corrected chi connectivity index (χ1v) is 6.02. The molecule has 0 aliphatic heterocycles.